The maximum absolute atomic E-state index is 12.0. The first-order chi connectivity index (χ1) is 30.0. The van der Waals surface area contributed by atoms with E-state index in [-0.39, 0.29) is 11.3 Å². The van der Waals surface area contributed by atoms with Crippen LogP contribution in [0.3, 0.4) is 0 Å². The van der Waals surface area contributed by atoms with Crippen molar-refractivity contribution in [2.45, 2.75) is 74.0 Å². The lowest BCUT2D eigenvalue weighted by atomic mass is 10.0. The van der Waals surface area contributed by atoms with E-state index in [2.05, 4.69) is 125 Å². The van der Waals surface area contributed by atoms with Crippen LogP contribution in [0.5, 0.6) is 0 Å². The van der Waals surface area contributed by atoms with Crippen LogP contribution < -0.4 is 16.6 Å². The molecule has 2 saturated heterocycles. The number of piperazine rings is 2. The van der Waals surface area contributed by atoms with Crippen molar-refractivity contribution in [3.05, 3.63) is 162 Å². The highest BCUT2D eigenvalue weighted by Crippen LogP contribution is 2.25. The van der Waals surface area contributed by atoms with Crippen molar-refractivity contribution in [1.29, 1.82) is 0 Å². The standard InChI is InChI=1S/C23H26N2O2.C12H11ClO2.C11H16N2.C6H15N/c1-17-12-18(2)23-21(13-17)20(14-22(26)27-23)16-25-10-8-24(9-11-25)15-19-6-4-3-5-7-19;1-7-3-8(2)12-10(4-7)9(6-13)5-11(14)15-12;1-2-4-11(5-3-1)10-13-8-6-12-7-9-13;1-4-7(5-2)6-3/h3-7,12-14H,8-11,15-16H2,1-2H3;3-5H,6H2,1-2H3;1-5,12H,6-10H2;4-6H2,1-3H3. The molecule has 6 aromatic rings. The lowest BCUT2D eigenvalue weighted by molar-refractivity contribution is 0.122. The summed E-state index contributed by atoms with van der Waals surface area (Å²) in [5, 5.41) is 5.36. The van der Waals surface area contributed by atoms with Crippen LogP contribution >= 0.6 is 11.6 Å². The van der Waals surface area contributed by atoms with Crippen LogP contribution in [-0.4, -0.2) is 91.6 Å². The molecule has 0 radical (unpaired) electrons. The molecule has 0 amide bonds. The van der Waals surface area contributed by atoms with Gasteiger partial charge >= 0.3 is 11.3 Å². The van der Waals surface area contributed by atoms with Gasteiger partial charge in [-0.25, -0.2) is 9.59 Å². The largest absolute Gasteiger partial charge is 0.422 e. The lowest BCUT2D eigenvalue weighted by Crippen LogP contribution is -2.45. The summed E-state index contributed by atoms with van der Waals surface area (Å²) in [5.41, 5.74) is 9.78. The Hall–Kier alpha value is -4.61. The van der Waals surface area contributed by atoms with Crippen molar-refractivity contribution in [3.63, 3.8) is 0 Å². The molecule has 2 fully saturated rings. The number of hydrogen-bond donors (Lipinski definition) is 1. The molecule has 2 aromatic heterocycles. The first-order valence-electron chi connectivity index (χ1n) is 22.3. The molecule has 0 aliphatic carbocycles. The molecule has 0 bridgehead atoms. The SMILES string of the molecule is CCN(CC)CC.Cc1cc(C)c2oc(=O)cc(CCl)c2c1.Cc1cc(C)c2oc(=O)cc(CN3CCN(Cc4ccccc4)CC3)c2c1.c1ccc(CN2CCNCC2)cc1. The van der Waals surface area contributed by atoms with Gasteiger partial charge in [-0.15, -0.1) is 11.6 Å². The summed E-state index contributed by atoms with van der Waals surface area (Å²) >= 11 is 5.80. The maximum Gasteiger partial charge on any atom is 0.336 e. The second-order valence-corrected chi connectivity index (χ2v) is 16.7. The number of alkyl halides is 1. The number of aryl methyl sites for hydroxylation is 4. The number of hydrogen-bond acceptors (Lipinski definition) is 9. The zero-order valence-electron chi connectivity index (χ0n) is 38.1. The predicted molar refractivity (Wildman–Crippen MR) is 259 cm³/mol. The number of nitrogens with zero attached hydrogens (tertiary/aromatic N) is 4. The van der Waals surface area contributed by atoms with E-state index in [4.69, 9.17) is 20.4 Å². The Kier molecular flexibility index (Phi) is 19.4. The fourth-order valence-corrected chi connectivity index (χ4v) is 8.39. The van der Waals surface area contributed by atoms with Gasteiger partial charge in [0, 0.05) is 101 Å². The molecule has 332 valence electrons. The number of halogens is 1. The molecule has 10 heteroatoms. The van der Waals surface area contributed by atoms with Gasteiger partial charge in [0.15, 0.2) is 0 Å². The third kappa shape index (κ3) is 14.8. The Morgan fingerprint density at radius 3 is 1.37 bits per heavy atom. The minimum Gasteiger partial charge on any atom is -0.422 e. The molecule has 4 heterocycles. The second kappa shape index (κ2) is 24.9. The summed E-state index contributed by atoms with van der Waals surface area (Å²) in [6.07, 6.45) is 0. The van der Waals surface area contributed by atoms with Crippen LogP contribution in [0.4, 0.5) is 0 Å². The molecule has 1 N–H and O–H groups in total. The van der Waals surface area contributed by atoms with Gasteiger partial charge in [-0.3, -0.25) is 14.7 Å². The fourth-order valence-electron chi connectivity index (χ4n) is 8.17. The highest BCUT2D eigenvalue weighted by atomic mass is 35.5. The first-order valence-corrected chi connectivity index (χ1v) is 22.8. The normalized spacial score (nSPS) is 14.7. The van der Waals surface area contributed by atoms with Gasteiger partial charge in [-0.05, 0) is 104 Å². The van der Waals surface area contributed by atoms with Crippen LogP contribution in [0.1, 0.15) is 65.3 Å². The molecule has 9 nitrogen and oxygen atoms in total. The van der Waals surface area contributed by atoms with E-state index in [1.54, 1.807) is 6.07 Å². The zero-order chi connectivity index (χ0) is 44.4. The Labute approximate surface area is 374 Å². The average molecular weight is 863 g/mol. The smallest absolute Gasteiger partial charge is 0.336 e. The first kappa shape index (κ1) is 48.4. The van der Waals surface area contributed by atoms with Gasteiger partial charge in [0.25, 0.3) is 0 Å². The minimum absolute atomic E-state index is 0.257. The summed E-state index contributed by atoms with van der Waals surface area (Å²) in [4.78, 5) is 33.1. The van der Waals surface area contributed by atoms with Gasteiger partial charge in [0.2, 0.25) is 0 Å². The molecule has 0 spiro atoms. The highest BCUT2D eigenvalue weighted by Gasteiger charge is 2.19. The van der Waals surface area contributed by atoms with Crippen molar-refractivity contribution in [3.8, 4) is 0 Å². The van der Waals surface area contributed by atoms with Crippen LogP contribution in [-0.2, 0) is 25.5 Å². The molecule has 0 saturated carbocycles. The van der Waals surface area contributed by atoms with Gasteiger partial charge in [0.1, 0.15) is 11.2 Å². The molecule has 0 atom stereocenters. The number of benzene rings is 4. The number of fused-ring (bicyclic) bond motifs is 2. The van der Waals surface area contributed by atoms with E-state index in [0.717, 1.165) is 103 Å². The molecule has 0 unspecified atom stereocenters. The third-order valence-corrected chi connectivity index (χ3v) is 11.9. The Balaban J connectivity index is 0.000000175. The minimum atomic E-state index is -0.342. The summed E-state index contributed by atoms with van der Waals surface area (Å²) < 4.78 is 10.7. The number of nitrogens with one attached hydrogen (secondary N) is 1. The summed E-state index contributed by atoms with van der Waals surface area (Å²) in [6.45, 7) is 29.8. The Bertz CT molecular complexity index is 2380. The van der Waals surface area contributed by atoms with Crippen LogP contribution in [0.15, 0.2) is 115 Å². The molecule has 4 aromatic carbocycles. The summed E-state index contributed by atoms with van der Waals surface area (Å²) in [5.74, 6) is 0.324. The van der Waals surface area contributed by atoms with E-state index < -0.39 is 0 Å². The molecule has 8 rings (SSSR count). The molecular formula is C52H68ClN5O4. The second-order valence-electron chi connectivity index (χ2n) is 16.4. The molecular weight excluding hydrogens is 794 g/mol. The van der Waals surface area contributed by atoms with Gasteiger partial charge in [-0.2, -0.15) is 0 Å². The zero-order valence-corrected chi connectivity index (χ0v) is 38.9. The van der Waals surface area contributed by atoms with Crippen molar-refractivity contribution >= 4 is 33.5 Å². The van der Waals surface area contributed by atoms with Crippen LogP contribution in [0, 0.1) is 27.7 Å². The lowest BCUT2D eigenvalue weighted by Gasteiger charge is -2.34. The van der Waals surface area contributed by atoms with Crippen molar-refractivity contribution in [1.82, 2.24) is 24.9 Å². The van der Waals surface area contributed by atoms with Gasteiger partial charge < -0.3 is 19.1 Å². The van der Waals surface area contributed by atoms with Crippen molar-refractivity contribution in [2.24, 2.45) is 0 Å². The van der Waals surface area contributed by atoms with Crippen molar-refractivity contribution in [2.75, 3.05) is 72.0 Å². The third-order valence-electron chi connectivity index (χ3n) is 11.6. The topological polar surface area (TPSA) is 85.4 Å². The van der Waals surface area contributed by atoms with E-state index >= 15 is 0 Å². The van der Waals surface area contributed by atoms with E-state index in [0.29, 0.717) is 11.5 Å². The van der Waals surface area contributed by atoms with Gasteiger partial charge in [-0.1, -0.05) is 93.6 Å². The van der Waals surface area contributed by atoms with E-state index in [1.807, 2.05) is 32.9 Å². The summed E-state index contributed by atoms with van der Waals surface area (Å²) in [6, 6.07) is 32.6. The predicted octanol–water partition coefficient (Wildman–Crippen LogP) is 9.32. The van der Waals surface area contributed by atoms with E-state index in [1.165, 1.54) is 55.5 Å². The van der Waals surface area contributed by atoms with E-state index in [9.17, 15) is 9.59 Å². The highest BCUT2D eigenvalue weighted by molar-refractivity contribution is 6.18. The quantitative estimate of drug-likeness (QED) is 0.107. The average Bonchev–Trinajstić information content (AvgIpc) is 3.27. The fraction of sp³-hybridized carbons (Fsp3) is 0.423. The molecule has 2 aliphatic rings. The van der Waals surface area contributed by atoms with Crippen molar-refractivity contribution < 1.29 is 8.83 Å². The Morgan fingerprint density at radius 1 is 0.548 bits per heavy atom. The molecule has 62 heavy (non-hydrogen) atoms. The maximum atomic E-state index is 12.0. The molecule has 2 aliphatic heterocycles. The Morgan fingerprint density at radius 2 is 0.952 bits per heavy atom. The van der Waals surface area contributed by atoms with Crippen LogP contribution in [0.2, 0.25) is 0 Å². The monoisotopic (exact) mass is 861 g/mol. The van der Waals surface area contributed by atoms with Crippen LogP contribution in [0.25, 0.3) is 21.9 Å². The number of rotatable bonds is 10. The summed E-state index contributed by atoms with van der Waals surface area (Å²) in [7, 11) is 0. The van der Waals surface area contributed by atoms with Gasteiger partial charge in [0.05, 0.1) is 0 Å².